The van der Waals surface area contributed by atoms with E-state index in [0.717, 1.165) is 18.9 Å². The molecular weight excluding hydrogens is 534 g/mol. The molecule has 0 spiro atoms. The SMILES string of the molecule is COc1cc(C(=O)OC(Cc2c(Cl)cncc2Cl)c2ccc(OC(F)F)c(OCC3CC3)c2)ccc1F. The molecule has 1 aliphatic carbocycles. The fraction of sp³-hybridized carbons (Fsp3) is 0.308. The van der Waals surface area contributed by atoms with Crippen molar-refractivity contribution in [3.05, 3.63) is 81.3 Å². The molecule has 1 aliphatic rings. The molecule has 37 heavy (non-hydrogen) atoms. The lowest BCUT2D eigenvalue weighted by Gasteiger charge is -2.22. The molecule has 1 aromatic heterocycles. The third kappa shape index (κ3) is 6.99. The van der Waals surface area contributed by atoms with Crippen molar-refractivity contribution >= 4 is 29.2 Å². The number of hydrogen-bond donors (Lipinski definition) is 0. The number of esters is 1. The lowest BCUT2D eigenvalue weighted by Crippen LogP contribution is -2.15. The number of carbonyl (C=O) groups excluding carboxylic acids is 1. The number of benzene rings is 2. The van der Waals surface area contributed by atoms with Gasteiger partial charge >= 0.3 is 12.6 Å². The van der Waals surface area contributed by atoms with E-state index in [2.05, 4.69) is 9.72 Å². The van der Waals surface area contributed by atoms with Crippen LogP contribution in [0.2, 0.25) is 10.0 Å². The number of pyridine rings is 1. The number of nitrogens with zero attached hydrogens (tertiary/aromatic N) is 1. The molecule has 2 aromatic carbocycles. The zero-order valence-electron chi connectivity index (χ0n) is 19.6. The summed E-state index contributed by atoms with van der Waals surface area (Å²) in [5.74, 6) is -1.26. The molecule has 1 unspecified atom stereocenters. The summed E-state index contributed by atoms with van der Waals surface area (Å²) in [6.45, 7) is -2.71. The van der Waals surface area contributed by atoms with Crippen molar-refractivity contribution in [2.45, 2.75) is 32.0 Å². The molecule has 1 fully saturated rings. The van der Waals surface area contributed by atoms with E-state index >= 15 is 0 Å². The third-order valence-corrected chi connectivity index (χ3v) is 6.36. The zero-order valence-corrected chi connectivity index (χ0v) is 21.1. The summed E-state index contributed by atoms with van der Waals surface area (Å²) in [4.78, 5) is 17.0. The quantitative estimate of drug-likeness (QED) is 0.236. The van der Waals surface area contributed by atoms with Gasteiger partial charge < -0.3 is 18.9 Å². The van der Waals surface area contributed by atoms with E-state index < -0.39 is 24.5 Å². The van der Waals surface area contributed by atoms with E-state index in [-0.39, 0.29) is 39.3 Å². The van der Waals surface area contributed by atoms with Crippen LogP contribution in [0.15, 0.2) is 48.8 Å². The Kier molecular flexibility index (Phi) is 8.66. The Hall–Kier alpha value is -3.17. The highest BCUT2D eigenvalue weighted by Gasteiger charge is 2.26. The molecule has 11 heteroatoms. The van der Waals surface area contributed by atoms with E-state index in [1.54, 1.807) is 0 Å². The Morgan fingerprint density at radius 1 is 1.05 bits per heavy atom. The number of halogens is 5. The van der Waals surface area contributed by atoms with Crippen LogP contribution in [0.1, 0.15) is 40.4 Å². The lowest BCUT2D eigenvalue weighted by molar-refractivity contribution is -0.0515. The summed E-state index contributed by atoms with van der Waals surface area (Å²) in [6.07, 6.45) is 3.83. The first-order chi connectivity index (χ1) is 17.7. The van der Waals surface area contributed by atoms with E-state index in [9.17, 15) is 18.0 Å². The number of ether oxygens (including phenoxy) is 4. The second kappa shape index (κ2) is 11.9. The van der Waals surface area contributed by atoms with Crippen molar-refractivity contribution in [3.8, 4) is 17.2 Å². The highest BCUT2D eigenvalue weighted by molar-refractivity contribution is 6.35. The molecular formula is C26H22Cl2F3NO5. The standard InChI is InChI=1S/C26H22Cl2F3NO5/c1-34-23-9-16(4-6-20(23)29)25(33)36-22(10-17-18(27)11-32-12-19(17)28)15-5-7-21(37-26(30)31)24(8-15)35-13-14-2-3-14/h4-9,11-12,14,22,26H,2-3,10,13H2,1H3. The van der Waals surface area contributed by atoms with Gasteiger partial charge in [-0.3, -0.25) is 4.98 Å². The Balaban J connectivity index is 1.69. The van der Waals surface area contributed by atoms with Crippen LogP contribution >= 0.6 is 23.2 Å². The first-order valence-electron chi connectivity index (χ1n) is 11.3. The van der Waals surface area contributed by atoms with Crippen molar-refractivity contribution < 1.29 is 36.9 Å². The molecule has 0 N–H and O–H groups in total. The van der Waals surface area contributed by atoms with Crippen LogP contribution in [0.25, 0.3) is 0 Å². The number of aromatic nitrogens is 1. The van der Waals surface area contributed by atoms with Crippen molar-refractivity contribution in [3.63, 3.8) is 0 Å². The van der Waals surface area contributed by atoms with Crippen LogP contribution in [0.3, 0.4) is 0 Å². The minimum atomic E-state index is -3.05. The van der Waals surface area contributed by atoms with Crippen LogP contribution in [0.5, 0.6) is 17.2 Å². The second-order valence-corrected chi connectivity index (χ2v) is 9.18. The normalized spacial score (nSPS) is 13.8. The minimum absolute atomic E-state index is 0.0291. The van der Waals surface area contributed by atoms with Crippen molar-refractivity contribution in [1.82, 2.24) is 4.98 Å². The summed E-state index contributed by atoms with van der Waals surface area (Å²) in [5.41, 5.74) is 0.915. The van der Waals surface area contributed by atoms with Gasteiger partial charge in [0, 0.05) is 18.8 Å². The van der Waals surface area contributed by atoms with E-state index in [0.29, 0.717) is 23.7 Å². The number of rotatable bonds is 11. The molecule has 4 rings (SSSR count). The van der Waals surface area contributed by atoms with Gasteiger partial charge in [0.1, 0.15) is 6.10 Å². The Morgan fingerprint density at radius 3 is 2.43 bits per heavy atom. The molecule has 0 saturated heterocycles. The molecule has 0 bridgehead atoms. The van der Waals surface area contributed by atoms with Gasteiger partial charge in [-0.2, -0.15) is 8.78 Å². The largest absolute Gasteiger partial charge is 0.494 e. The molecule has 6 nitrogen and oxygen atoms in total. The summed E-state index contributed by atoms with van der Waals surface area (Å²) in [7, 11) is 1.27. The summed E-state index contributed by atoms with van der Waals surface area (Å²) in [6, 6.07) is 7.83. The number of alkyl halides is 2. The Bertz CT molecular complexity index is 1250. The molecule has 3 aromatic rings. The second-order valence-electron chi connectivity index (χ2n) is 8.37. The molecule has 0 aliphatic heterocycles. The molecule has 1 atom stereocenters. The van der Waals surface area contributed by atoms with Crippen LogP contribution in [-0.2, 0) is 11.2 Å². The Labute approximate surface area is 221 Å². The van der Waals surface area contributed by atoms with E-state index in [1.807, 2.05) is 0 Å². The topological polar surface area (TPSA) is 66.9 Å². The third-order valence-electron chi connectivity index (χ3n) is 5.71. The smallest absolute Gasteiger partial charge is 0.387 e. The van der Waals surface area contributed by atoms with E-state index in [1.165, 1.54) is 49.8 Å². The van der Waals surface area contributed by atoms with Gasteiger partial charge in [0.25, 0.3) is 0 Å². The number of methoxy groups -OCH3 is 1. The molecule has 1 heterocycles. The molecule has 0 radical (unpaired) electrons. The molecule has 1 saturated carbocycles. The highest BCUT2D eigenvalue weighted by Crippen LogP contribution is 2.38. The van der Waals surface area contributed by atoms with Crippen LogP contribution in [0, 0.1) is 11.7 Å². The van der Waals surface area contributed by atoms with Crippen molar-refractivity contribution in [2.75, 3.05) is 13.7 Å². The summed E-state index contributed by atoms with van der Waals surface area (Å²) in [5, 5.41) is 0.500. The van der Waals surface area contributed by atoms with Crippen molar-refractivity contribution in [2.24, 2.45) is 5.92 Å². The maximum Gasteiger partial charge on any atom is 0.387 e. The number of carbonyl (C=O) groups is 1. The average Bonchev–Trinajstić information content (AvgIpc) is 3.69. The van der Waals surface area contributed by atoms with Gasteiger partial charge in [-0.15, -0.1) is 0 Å². The van der Waals surface area contributed by atoms with Gasteiger partial charge in [0.05, 0.1) is 29.3 Å². The van der Waals surface area contributed by atoms with Crippen molar-refractivity contribution in [1.29, 1.82) is 0 Å². The minimum Gasteiger partial charge on any atom is -0.494 e. The van der Waals surface area contributed by atoms with Gasteiger partial charge in [0.2, 0.25) is 0 Å². The van der Waals surface area contributed by atoms with Crippen LogP contribution < -0.4 is 14.2 Å². The predicted molar refractivity (Wildman–Crippen MR) is 130 cm³/mol. The fourth-order valence-electron chi connectivity index (χ4n) is 3.55. The average molecular weight is 556 g/mol. The maximum atomic E-state index is 13.9. The summed E-state index contributed by atoms with van der Waals surface area (Å²) >= 11 is 12.6. The first kappa shape index (κ1) is 26.9. The first-order valence-corrected chi connectivity index (χ1v) is 12.0. The Morgan fingerprint density at radius 2 is 1.78 bits per heavy atom. The number of hydrogen-bond acceptors (Lipinski definition) is 6. The summed E-state index contributed by atoms with van der Waals surface area (Å²) < 4.78 is 60.9. The predicted octanol–water partition coefficient (Wildman–Crippen LogP) is 7.07. The van der Waals surface area contributed by atoms with Gasteiger partial charge in [0.15, 0.2) is 23.1 Å². The van der Waals surface area contributed by atoms with Gasteiger partial charge in [-0.25, -0.2) is 9.18 Å². The fourth-order valence-corrected chi connectivity index (χ4v) is 4.07. The van der Waals surface area contributed by atoms with Gasteiger partial charge in [-0.05, 0) is 60.2 Å². The van der Waals surface area contributed by atoms with Gasteiger partial charge in [-0.1, -0.05) is 29.3 Å². The molecule has 0 amide bonds. The maximum absolute atomic E-state index is 13.9. The monoisotopic (exact) mass is 555 g/mol. The zero-order chi connectivity index (χ0) is 26.5. The van der Waals surface area contributed by atoms with Crippen LogP contribution in [-0.4, -0.2) is 31.3 Å². The van der Waals surface area contributed by atoms with E-state index in [4.69, 9.17) is 37.4 Å². The lowest BCUT2D eigenvalue weighted by atomic mass is 10.0. The highest BCUT2D eigenvalue weighted by atomic mass is 35.5. The van der Waals surface area contributed by atoms with Crippen LogP contribution in [0.4, 0.5) is 13.2 Å². The molecule has 196 valence electrons.